The summed E-state index contributed by atoms with van der Waals surface area (Å²) in [5.41, 5.74) is 7.00. The summed E-state index contributed by atoms with van der Waals surface area (Å²) in [5.74, 6) is 0.275. The Kier molecular flexibility index (Phi) is 5.49. The Hall–Kier alpha value is -1.55. The number of hydrogen-bond donors (Lipinski definition) is 1. The fourth-order valence-electron chi connectivity index (χ4n) is 1.41. The molecule has 0 heterocycles. The van der Waals surface area contributed by atoms with E-state index in [4.69, 9.17) is 10.5 Å². The molecule has 0 radical (unpaired) electrons. The number of methoxy groups -OCH3 is 1. The van der Waals surface area contributed by atoms with Crippen molar-refractivity contribution in [3.63, 3.8) is 0 Å². The van der Waals surface area contributed by atoms with Crippen molar-refractivity contribution in [2.24, 2.45) is 5.73 Å². The fraction of sp³-hybridized carbons (Fsp3) is 0.462. The summed E-state index contributed by atoms with van der Waals surface area (Å²) in [7, 11) is 1.34. The van der Waals surface area contributed by atoms with E-state index in [-0.39, 0.29) is 18.6 Å². The summed E-state index contributed by atoms with van der Waals surface area (Å²) >= 11 is 0. The van der Waals surface area contributed by atoms with Crippen LogP contribution in [0.2, 0.25) is 0 Å². The van der Waals surface area contributed by atoms with Crippen molar-refractivity contribution in [1.82, 2.24) is 0 Å². The lowest BCUT2D eigenvalue weighted by Gasteiger charge is -2.10. The molecule has 4 nitrogen and oxygen atoms in total. The summed E-state index contributed by atoms with van der Waals surface area (Å²) < 4.78 is 9.80. The molecule has 0 aliphatic rings. The Balaban J connectivity index is 2.56. The van der Waals surface area contributed by atoms with Gasteiger partial charge in [0.1, 0.15) is 5.75 Å². The van der Waals surface area contributed by atoms with Gasteiger partial charge in [-0.1, -0.05) is 19.1 Å². The molecule has 1 unspecified atom stereocenters. The van der Waals surface area contributed by atoms with E-state index < -0.39 is 0 Å². The third-order valence-electron chi connectivity index (χ3n) is 2.51. The van der Waals surface area contributed by atoms with Crippen LogP contribution in [0.15, 0.2) is 24.3 Å². The highest BCUT2D eigenvalue weighted by Crippen LogP contribution is 2.15. The van der Waals surface area contributed by atoms with Crippen LogP contribution in [0.4, 0.5) is 0 Å². The van der Waals surface area contributed by atoms with E-state index in [2.05, 4.69) is 11.7 Å². The second-order valence-electron chi connectivity index (χ2n) is 3.88. The van der Waals surface area contributed by atoms with Crippen LogP contribution in [0, 0.1) is 0 Å². The maximum absolute atomic E-state index is 10.9. The number of rotatable bonds is 6. The van der Waals surface area contributed by atoms with Crippen LogP contribution in [-0.2, 0) is 16.0 Å². The van der Waals surface area contributed by atoms with E-state index in [1.54, 1.807) is 0 Å². The molecule has 2 N–H and O–H groups in total. The van der Waals surface area contributed by atoms with Crippen LogP contribution in [0.25, 0.3) is 0 Å². The molecule has 0 spiro atoms. The van der Waals surface area contributed by atoms with Gasteiger partial charge in [0.15, 0.2) is 6.61 Å². The van der Waals surface area contributed by atoms with Gasteiger partial charge in [0.2, 0.25) is 0 Å². The van der Waals surface area contributed by atoms with Gasteiger partial charge in [0.05, 0.1) is 7.11 Å². The van der Waals surface area contributed by atoms with Crippen molar-refractivity contribution < 1.29 is 14.3 Å². The number of ether oxygens (including phenoxy) is 2. The normalized spacial score (nSPS) is 11.9. The smallest absolute Gasteiger partial charge is 0.343 e. The number of hydrogen-bond acceptors (Lipinski definition) is 4. The molecular weight excluding hydrogens is 218 g/mol. The zero-order valence-electron chi connectivity index (χ0n) is 10.3. The maximum Gasteiger partial charge on any atom is 0.343 e. The minimum atomic E-state index is -0.388. The van der Waals surface area contributed by atoms with Crippen molar-refractivity contribution >= 4 is 5.97 Å². The number of nitrogens with two attached hydrogens (primary N) is 1. The monoisotopic (exact) mass is 237 g/mol. The topological polar surface area (TPSA) is 61.5 Å². The minimum Gasteiger partial charge on any atom is -0.482 e. The SMILES string of the molecule is CCC(N)Cc1cccc(OCC(=O)OC)c1. The number of benzene rings is 1. The highest BCUT2D eigenvalue weighted by atomic mass is 16.6. The molecule has 0 aliphatic carbocycles. The third-order valence-corrected chi connectivity index (χ3v) is 2.51. The standard InChI is InChI=1S/C13H19NO3/c1-3-11(14)7-10-5-4-6-12(8-10)17-9-13(15)16-2/h4-6,8,11H,3,7,9,14H2,1-2H3. The van der Waals surface area contributed by atoms with Crippen molar-refractivity contribution in [1.29, 1.82) is 0 Å². The van der Waals surface area contributed by atoms with Crippen molar-refractivity contribution in [3.05, 3.63) is 29.8 Å². The predicted octanol–water partition coefficient (Wildman–Crippen LogP) is 1.52. The molecule has 1 aromatic carbocycles. The molecule has 0 bridgehead atoms. The quantitative estimate of drug-likeness (QED) is 0.762. The molecule has 1 aromatic rings. The maximum atomic E-state index is 10.9. The van der Waals surface area contributed by atoms with Crippen molar-refractivity contribution in [2.45, 2.75) is 25.8 Å². The first-order valence-corrected chi connectivity index (χ1v) is 5.69. The van der Waals surface area contributed by atoms with Gasteiger partial charge in [0.25, 0.3) is 0 Å². The van der Waals surface area contributed by atoms with E-state index in [0.717, 1.165) is 18.4 Å². The molecule has 17 heavy (non-hydrogen) atoms. The Morgan fingerprint density at radius 1 is 1.47 bits per heavy atom. The molecular formula is C13H19NO3. The van der Waals surface area contributed by atoms with E-state index in [9.17, 15) is 4.79 Å². The van der Waals surface area contributed by atoms with Gasteiger partial charge in [-0.3, -0.25) is 0 Å². The lowest BCUT2D eigenvalue weighted by Crippen LogP contribution is -2.21. The molecule has 4 heteroatoms. The average molecular weight is 237 g/mol. The molecule has 1 rings (SSSR count). The number of carbonyl (C=O) groups excluding carboxylic acids is 1. The van der Waals surface area contributed by atoms with E-state index in [0.29, 0.717) is 5.75 Å². The highest BCUT2D eigenvalue weighted by molar-refractivity contribution is 5.70. The highest BCUT2D eigenvalue weighted by Gasteiger charge is 2.04. The first kappa shape index (κ1) is 13.5. The Labute approximate surface area is 102 Å². The molecule has 0 fully saturated rings. The zero-order valence-corrected chi connectivity index (χ0v) is 10.3. The van der Waals surface area contributed by atoms with Crippen LogP contribution in [-0.4, -0.2) is 25.7 Å². The summed E-state index contributed by atoms with van der Waals surface area (Å²) in [5, 5.41) is 0. The summed E-state index contributed by atoms with van der Waals surface area (Å²) in [4.78, 5) is 10.9. The van der Waals surface area contributed by atoms with Gasteiger partial charge in [-0.05, 0) is 30.5 Å². The van der Waals surface area contributed by atoms with Crippen LogP contribution in [0.5, 0.6) is 5.75 Å². The lowest BCUT2D eigenvalue weighted by atomic mass is 10.0. The number of esters is 1. The Bertz CT molecular complexity index is 365. The van der Waals surface area contributed by atoms with Crippen LogP contribution in [0.3, 0.4) is 0 Å². The van der Waals surface area contributed by atoms with Gasteiger partial charge in [-0.25, -0.2) is 4.79 Å². The molecule has 94 valence electrons. The van der Waals surface area contributed by atoms with Crippen molar-refractivity contribution in [2.75, 3.05) is 13.7 Å². The van der Waals surface area contributed by atoms with Crippen molar-refractivity contribution in [3.8, 4) is 5.75 Å². The van der Waals surface area contributed by atoms with E-state index in [1.165, 1.54) is 7.11 Å². The average Bonchev–Trinajstić information content (AvgIpc) is 2.36. The fourth-order valence-corrected chi connectivity index (χ4v) is 1.41. The van der Waals surface area contributed by atoms with Gasteiger partial charge in [0, 0.05) is 6.04 Å². The van der Waals surface area contributed by atoms with Gasteiger partial charge in [-0.2, -0.15) is 0 Å². The van der Waals surface area contributed by atoms with E-state index >= 15 is 0 Å². The second kappa shape index (κ2) is 6.91. The first-order chi connectivity index (χ1) is 8.15. The molecule has 0 amide bonds. The summed E-state index contributed by atoms with van der Waals surface area (Å²) in [6.07, 6.45) is 1.75. The largest absolute Gasteiger partial charge is 0.482 e. The lowest BCUT2D eigenvalue weighted by molar-refractivity contribution is -0.142. The van der Waals surface area contributed by atoms with Crippen LogP contribution >= 0.6 is 0 Å². The second-order valence-corrected chi connectivity index (χ2v) is 3.88. The first-order valence-electron chi connectivity index (χ1n) is 5.69. The molecule has 0 aromatic heterocycles. The summed E-state index contributed by atoms with van der Waals surface area (Å²) in [6, 6.07) is 7.76. The molecule has 0 saturated carbocycles. The zero-order chi connectivity index (χ0) is 12.7. The van der Waals surface area contributed by atoms with Gasteiger partial charge in [-0.15, -0.1) is 0 Å². The summed E-state index contributed by atoms with van der Waals surface area (Å²) in [6.45, 7) is 1.99. The van der Waals surface area contributed by atoms with Crippen LogP contribution < -0.4 is 10.5 Å². The predicted molar refractivity (Wildman–Crippen MR) is 65.9 cm³/mol. The minimum absolute atomic E-state index is 0.0697. The third kappa shape index (κ3) is 4.87. The van der Waals surface area contributed by atoms with Gasteiger partial charge >= 0.3 is 5.97 Å². The Morgan fingerprint density at radius 2 is 2.24 bits per heavy atom. The molecule has 0 aliphatic heterocycles. The molecule has 1 atom stereocenters. The van der Waals surface area contributed by atoms with E-state index in [1.807, 2.05) is 24.3 Å². The number of carbonyl (C=O) groups is 1. The molecule has 0 saturated heterocycles. The van der Waals surface area contributed by atoms with Gasteiger partial charge < -0.3 is 15.2 Å². The Morgan fingerprint density at radius 3 is 2.88 bits per heavy atom. The van der Waals surface area contributed by atoms with Crippen LogP contribution in [0.1, 0.15) is 18.9 Å².